The monoisotopic (exact) mass is 858 g/mol. The fourth-order valence-electron chi connectivity index (χ4n) is 5.21. The minimum atomic E-state index is -5.08. The number of rotatable bonds is 38. The van der Waals surface area contributed by atoms with Gasteiger partial charge in [-0.25, -0.2) is 4.79 Å². The lowest BCUT2D eigenvalue weighted by atomic mass is 10.0. The van der Waals surface area contributed by atoms with Gasteiger partial charge in [-0.05, 0) is 46.0 Å². The van der Waals surface area contributed by atoms with Crippen LogP contribution in [0.3, 0.4) is 0 Å². The first kappa shape index (κ1) is 57.2. The topological polar surface area (TPSA) is 259 Å². The van der Waals surface area contributed by atoms with Crippen molar-refractivity contribution in [3.05, 3.63) is 0 Å². The van der Waals surface area contributed by atoms with Crippen molar-refractivity contribution in [1.82, 2.24) is 16.0 Å². The first-order valence-corrected chi connectivity index (χ1v) is 20.5. The molecule has 2 amide bonds. The molecule has 0 saturated heterocycles. The zero-order valence-electron chi connectivity index (χ0n) is 34.8. The SMILES string of the molecule is CC(C)=NOCC(=O)CCCNC(=O)COCCOCCNC(=O)CC[C@H](NC(O)CCCCCCCCCCCCCCCCC(=O)O)C(=O)O.O=C(O)C(F)(F)F. The van der Waals surface area contributed by atoms with Crippen molar-refractivity contribution < 1.29 is 76.7 Å². The molecule has 344 valence electrons. The number of alkyl halides is 3. The van der Waals surface area contributed by atoms with Crippen molar-refractivity contribution >= 4 is 41.2 Å². The van der Waals surface area contributed by atoms with Gasteiger partial charge in [0.15, 0.2) is 12.4 Å². The highest BCUT2D eigenvalue weighted by atomic mass is 19.4. The zero-order chi connectivity index (χ0) is 44.7. The summed E-state index contributed by atoms with van der Waals surface area (Å²) in [4.78, 5) is 71.5. The lowest BCUT2D eigenvalue weighted by molar-refractivity contribution is -0.192. The molecule has 0 aliphatic carbocycles. The van der Waals surface area contributed by atoms with Crippen LogP contribution < -0.4 is 16.0 Å². The second kappa shape index (κ2) is 38.3. The summed E-state index contributed by atoms with van der Waals surface area (Å²) in [7, 11) is 0. The van der Waals surface area contributed by atoms with Crippen LogP contribution in [0.1, 0.15) is 142 Å². The van der Waals surface area contributed by atoms with E-state index >= 15 is 0 Å². The highest BCUT2D eigenvalue weighted by Crippen LogP contribution is 2.15. The van der Waals surface area contributed by atoms with Crippen molar-refractivity contribution in [3.63, 3.8) is 0 Å². The largest absolute Gasteiger partial charge is 0.490 e. The molecular formula is C39H69F3N4O13. The van der Waals surface area contributed by atoms with Gasteiger partial charge in [0, 0.05) is 32.4 Å². The Hall–Kier alpha value is -3.88. The van der Waals surface area contributed by atoms with E-state index in [2.05, 4.69) is 21.1 Å². The number of Topliss-reactive ketones (excluding diaryl/α,β-unsaturated/α-hetero) is 1. The number of carbonyl (C=O) groups excluding carboxylic acids is 3. The Labute approximate surface area is 345 Å². The standard InChI is InChI=1S/C37H68N4O11.C2HF3O2/c1-30(2)41-52-28-31(42)18-17-23-38-35(45)29-51-27-26-50-25-24-39-33(43)22-21-32(37(48)49)40-34(44)19-15-13-11-9-7-5-3-4-6-8-10-12-14-16-20-36(46)47;3-2(4,5)1(6)7/h32,34,40,44H,3-29H2,1-2H3,(H,38,45)(H,39,43)(H,46,47)(H,48,49);(H,6,7)/t32-,34?;/m0./s1. The molecule has 7 N–H and O–H groups in total. The average molecular weight is 859 g/mol. The summed E-state index contributed by atoms with van der Waals surface area (Å²) in [6.45, 7) is 4.51. The van der Waals surface area contributed by atoms with Crippen LogP contribution in [-0.4, -0.2) is 126 Å². The van der Waals surface area contributed by atoms with E-state index in [0.717, 1.165) is 50.7 Å². The maximum atomic E-state index is 12.2. The molecule has 0 heterocycles. The molecule has 0 aliphatic rings. The van der Waals surface area contributed by atoms with Gasteiger partial charge in [-0.3, -0.25) is 29.3 Å². The number of carboxylic acid groups (broad SMARTS) is 3. The van der Waals surface area contributed by atoms with E-state index in [-0.39, 0.29) is 82.9 Å². The maximum absolute atomic E-state index is 12.2. The van der Waals surface area contributed by atoms with Gasteiger partial charge >= 0.3 is 24.1 Å². The van der Waals surface area contributed by atoms with Crippen LogP contribution in [0.4, 0.5) is 13.2 Å². The summed E-state index contributed by atoms with van der Waals surface area (Å²) in [6, 6.07) is -1.03. The number of carbonyl (C=O) groups is 6. The first-order chi connectivity index (χ1) is 27.9. The molecule has 2 atom stereocenters. The molecule has 0 saturated carbocycles. The average Bonchev–Trinajstić information content (AvgIpc) is 3.15. The Kier molecular flexibility index (Phi) is 37.2. The highest BCUT2D eigenvalue weighted by molar-refractivity contribution is 5.81. The fourth-order valence-corrected chi connectivity index (χ4v) is 5.21. The van der Waals surface area contributed by atoms with Crippen LogP contribution in [0.2, 0.25) is 0 Å². The van der Waals surface area contributed by atoms with Crippen molar-refractivity contribution in [2.45, 2.75) is 161 Å². The molecule has 0 radical (unpaired) electrons. The number of hydrogen-bond donors (Lipinski definition) is 7. The molecule has 20 heteroatoms. The van der Waals surface area contributed by atoms with Gasteiger partial charge < -0.3 is 45.4 Å². The molecule has 0 fully saturated rings. The normalized spacial score (nSPS) is 12.0. The van der Waals surface area contributed by atoms with Gasteiger partial charge in [0.2, 0.25) is 11.8 Å². The quantitative estimate of drug-likeness (QED) is 0.0184. The number of aliphatic hydroxyl groups excluding tert-OH is 1. The van der Waals surface area contributed by atoms with E-state index in [4.69, 9.17) is 29.3 Å². The van der Waals surface area contributed by atoms with Crippen LogP contribution in [-0.2, 0) is 43.1 Å². The summed E-state index contributed by atoms with van der Waals surface area (Å²) < 4.78 is 42.4. The van der Waals surface area contributed by atoms with E-state index in [0.29, 0.717) is 19.4 Å². The number of nitrogens with zero attached hydrogens (tertiary/aromatic N) is 1. The fraction of sp³-hybridized carbons (Fsp3) is 0.821. The van der Waals surface area contributed by atoms with Crippen LogP contribution >= 0.6 is 0 Å². The lowest BCUT2D eigenvalue weighted by Gasteiger charge is -2.19. The third-order valence-electron chi connectivity index (χ3n) is 8.31. The van der Waals surface area contributed by atoms with E-state index in [1.165, 1.54) is 44.9 Å². The summed E-state index contributed by atoms with van der Waals surface area (Å²) in [5.41, 5.74) is 0.723. The molecule has 0 spiro atoms. The molecule has 0 bridgehead atoms. The number of hydrogen-bond acceptors (Lipinski definition) is 12. The van der Waals surface area contributed by atoms with Crippen molar-refractivity contribution in [2.75, 3.05) is 46.1 Å². The van der Waals surface area contributed by atoms with Crippen molar-refractivity contribution in [3.8, 4) is 0 Å². The Morgan fingerprint density at radius 1 is 0.610 bits per heavy atom. The predicted octanol–water partition coefficient (Wildman–Crippen LogP) is 5.11. The van der Waals surface area contributed by atoms with Gasteiger partial charge in [-0.15, -0.1) is 0 Å². The number of amides is 2. The first-order valence-electron chi connectivity index (χ1n) is 20.5. The van der Waals surface area contributed by atoms with Gasteiger partial charge in [0.1, 0.15) is 18.9 Å². The Morgan fingerprint density at radius 3 is 1.63 bits per heavy atom. The smallest absolute Gasteiger partial charge is 0.481 e. The van der Waals surface area contributed by atoms with Gasteiger partial charge in [0.25, 0.3) is 0 Å². The molecular weight excluding hydrogens is 789 g/mol. The molecule has 59 heavy (non-hydrogen) atoms. The van der Waals surface area contributed by atoms with Crippen molar-refractivity contribution in [2.24, 2.45) is 5.16 Å². The Bertz CT molecular complexity index is 1190. The van der Waals surface area contributed by atoms with Gasteiger partial charge in [-0.2, -0.15) is 13.2 Å². The van der Waals surface area contributed by atoms with Crippen LogP contribution in [0, 0.1) is 0 Å². The zero-order valence-corrected chi connectivity index (χ0v) is 34.8. The number of carboxylic acids is 3. The van der Waals surface area contributed by atoms with E-state index in [1.54, 1.807) is 13.8 Å². The highest BCUT2D eigenvalue weighted by Gasteiger charge is 2.38. The maximum Gasteiger partial charge on any atom is 0.490 e. The summed E-state index contributed by atoms with van der Waals surface area (Å²) in [6.07, 6.45) is 10.9. The van der Waals surface area contributed by atoms with Crippen LogP contribution in [0.15, 0.2) is 5.16 Å². The molecule has 0 aromatic heterocycles. The van der Waals surface area contributed by atoms with Crippen LogP contribution in [0.5, 0.6) is 0 Å². The van der Waals surface area contributed by atoms with Gasteiger partial charge in [0.05, 0.1) is 25.5 Å². The lowest BCUT2D eigenvalue weighted by Crippen LogP contribution is -2.44. The number of ketones is 1. The molecule has 0 aliphatic heterocycles. The molecule has 0 aromatic rings. The summed E-state index contributed by atoms with van der Waals surface area (Å²) >= 11 is 0. The minimum absolute atomic E-state index is 0.0153. The Morgan fingerprint density at radius 2 is 1.12 bits per heavy atom. The molecule has 0 aromatic carbocycles. The number of aliphatic carboxylic acids is 3. The summed E-state index contributed by atoms with van der Waals surface area (Å²) in [5.74, 6) is -5.30. The second-order valence-corrected chi connectivity index (χ2v) is 14.1. The van der Waals surface area contributed by atoms with E-state index in [1.807, 2.05) is 0 Å². The minimum Gasteiger partial charge on any atom is -0.481 e. The van der Waals surface area contributed by atoms with Crippen molar-refractivity contribution in [1.29, 1.82) is 0 Å². The summed E-state index contributed by atoms with van der Waals surface area (Å²) in [5, 5.41) is 47.3. The van der Waals surface area contributed by atoms with E-state index < -0.39 is 36.4 Å². The number of unbranched alkanes of at least 4 members (excludes halogenated alkanes) is 13. The molecule has 1 unspecified atom stereocenters. The molecule has 0 rings (SSSR count). The Balaban J connectivity index is 0. The number of oxime groups is 1. The number of ether oxygens (including phenoxy) is 2. The predicted molar refractivity (Wildman–Crippen MR) is 212 cm³/mol. The molecule has 17 nitrogen and oxygen atoms in total. The third-order valence-corrected chi connectivity index (χ3v) is 8.31. The van der Waals surface area contributed by atoms with E-state index in [9.17, 15) is 47.4 Å². The number of nitrogens with one attached hydrogen (secondary N) is 3. The third kappa shape index (κ3) is 43.5. The van der Waals surface area contributed by atoms with Crippen LogP contribution in [0.25, 0.3) is 0 Å². The van der Waals surface area contributed by atoms with Gasteiger partial charge in [-0.1, -0.05) is 82.2 Å². The number of halogens is 3. The number of aliphatic hydroxyl groups is 1. The second-order valence-electron chi connectivity index (χ2n) is 14.1.